The molecule has 0 saturated heterocycles. The van der Waals surface area contributed by atoms with Crippen LogP contribution in [0.3, 0.4) is 0 Å². The Morgan fingerprint density at radius 3 is 2.00 bits per heavy atom. The average molecular weight is 264 g/mol. The van der Waals surface area contributed by atoms with Gasteiger partial charge in [-0.1, -0.05) is 44.2 Å². The van der Waals surface area contributed by atoms with Crippen molar-refractivity contribution in [3.05, 3.63) is 35.9 Å². The number of rotatable bonds is 9. The van der Waals surface area contributed by atoms with Gasteiger partial charge in [0.2, 0.25) is 0 Å². The minimum Gasteiger partial charge on any atom is -0.353 e. The molecule has 108 valence electrons. The van der Waals surface area contributed by atoms with Crippen LogP contribution in [0.4, 0.5) is 0 Å². The molecular formula is C17H28O2. The van der Waals surface area contributed by atoms with Crippen LogP contribution in [0.1, 0.15) is 52.0 Å². The molecule has 0 bridgehead atoms. The molecule has 0 aliphatic carbocycles. The lowest BCUT2D eigenvalue weighted by Crippen LogP contribution is -2.26. The van der Waals surface area contributed by atoms with E-state index in [1.165, 1.54) is 5.56 Å². The summed E-state index contributed by atoms with van der Waals surface area (Å²) in [5.41, 5.74) is 1.42. The first-order valence-corrected chi connectivity index (χ1v) is 7.50. The molecule has 0 spiro atoms. The Balaban J connectivity index is 2.63. The molecule has 19 heavy (non-hydrogen) atoms. The van der Waals surface area contributed by atoms with Gasteiger partial charge >= 0.3 is 0 Å². The monoisotopic (exact) mass is 264 g/mol. The fraction of sp³-hybridized carbons (Fsp3) is 0.647. The second-order valence-electron chi connectivity index (χ2n) is 5.01. The van der Waals surface area contributed by atoms with E-state index in [0.717, 1.165) is 12.8 Å². The Kier molecular flexibility index (Phi) is 7.76. The van der Waals surface area contributed by atoms with E-state index < -0.39 is 0 Å². The van der Waals surface area contributed by atoms with Gasteiger partial charge in [-0.15, -0.1) is 0 Å². The van der Waals surface area contributed by atoms with Crippen molar-refractivity contribution in [2.45, 2.75) is 52.7 Å². The summed E-state index contributed by atoms with van der Waals surface area (Å²) >= 11 is 0. The second-order valence-corrected chi connectivity index (χ2v) is 5.01. The Morgan fingerprint density at radius 2 is 1.53 bits per heavy atom. The molecule has 0 radical (unpaired) electrons. The molecule has 0 saturated carbocycles. The molecule has 1 aromatic carbocycles. The van der Waals surface area contributed by atoms with Crippen LogP contribution in [0.25, 0.3) is 0 Å². The first-order valence-electron chi connectivity index (χ1n) is 7.50. The molecule has 2 atom stereocenters. The molecule has 1 rings (SSSR count). The van der Waals surface area contributed by atoms with Crippen molar-refractivity contribution in [2.75, 3.05) is 13.2 Å². The topological polar surface area (TPSA) is 18.5 Å². The van der Waals surface area contributed by atoms with Crippen molar-refractivity contribution >= 4 is 0 Å². The van der Waals surface area contributed by atoms with E-state index in [-0.39, 0.29) is 6.29 Å². The van der Waals surface area contributed by atoms with Crippen molar-refractivity contribution in [1.29, 1.82) is 0 Å². The van der Waals surface area contributed by atoms with Gasteiger partial charge in [-0.3, -0.25) is 0 Å². The van der Waals surface area contributed by atoms with Crippen LogP contribution in [-0.2, 0) is 9.47 Å². The van der Waals surface area contributed by atoms with Crippen LogP contribution < -0.4 is 0 Å². The first kappa shape index (κ1) is 16.2. The number of hydrogen-bond donors (Lipinski definition) is 0. The van der Waals surface area contributed by atoms with Crippen molar-refractivity contribution in [3.63, 3.8) is 0 Å². The summed E-state index contributed by atoms with van der Waals surface area (Å²) in [6.45, 7) is 9.93. The molecule has 2 unspecified atom stereocenters. The van der Waals surface area contributed by atoms with E-state index >= 15 is 0 Å². The maximum Gasteiger partial charge on any atom is 0.160 e. The third-order valence-electron chi connectivity index (χ3n) is 3.55. The zero-order chi connectivity index (χ0) is 14.1. The standard InChI is InChI=1S/C17H28O2/c1-5-15(16-11-9-8-10-12-16)13-14(4)17(18-6-2)19-7-3/h8-12,14-15,17H,5-7,13H2,1-4H3. The Morgan fingerprint density at radius 1 is 0.947 bits per heavy atom. The summed E-state index contributed by atoms with van der Waals surface area (Å²) < 4.78 is 11.4. The predicted molar refractivity (Wildman–Crippen MR) is 80.3 cm³/mol. The van der Waals surface area contributed by atoms with Crippen LogP contribution >= 0.6 is 0 Å². The van der Waals surface area contributed by atoms with Crippen molar-refractivity contribution in [3.8, 4) is 0 Å². The Bertz CT molecular complexity index is 317. The summed E-state index contributed by atoms with van der Waals surface area (Å²) in [5, 5.41) is 0. The molecule has 2 heteroatoms. The lowest BCUT2D eigenvalue weighted by molar-refractivity contribution is -0.165. The zero-order valence-corrected chi connectivity index (χ0v) is 12.8. The molecule has 0 aliphatic heterocycles. The molecule has 0 amide bonds. The second kappa shape index (κ2) is 9.11. The molecule has 0 aromatic heterocycles. The molecule has 1 aromatic rings. The summed E-state index contributed by atoms with van der Waals surface area (Å²) in [6, 6.07) is 10.7. The van der Waals surface area contributed by atoms with Gasteiger partial charge in [0.05, 0.1) is 0 Å². The molecule has 0 aliphatic rings. The highest BCUT2D eigenvalue weighted by Gasteiger charge is 2.22. The molecular weight excluding hydrogens is 236 g/mol. The van der Waals surface area contributed by atoms with Gasteiger partial charge in [0.25, 0.3) is 0 Å². The SMILES string of the molecule is CCOC(OCC)C(C)CC(CC)c1ccccc1. The van der Waals surface area contributed by atoms with Gasteiger partial charge in [0.1, 0.15) is 0 Å². The summed E-state index contributed by atoms with van der Waals surface area (Å²) in [6.07, 6.45) is 2.18. The van der Waals surface area contributed by atoms with Crippen LogP contribution in [0.5, 0.6) is 0 Å². The smallest absolute Gasteiger partial charge is 0.160 e. The third kappa shape index (κ3) is 5.33. The Hall–Kier alpha value is -0.860. The average Bonchev–Trinajstić information content (AvgIpc) is 2.45. The van der Waals surface area contributed by atoms with Gasteiger partial charge in [-0.2, -0.15) is 0 Å². The highest BCUT2D eigenvalue weighted by atomic mass is 16.7. The van der Waals surface area contributed by atoms with Gasteiger partial charge in [0.15, 0.2) is 6.29 Å². The minimum atomic E-state index is -0.0761. The van der Waals surface area contributed by atoms with Crippen LogP contribution in [0.15, 0.2) is 30.3 Å². The number of ether oxygens (including phenoxy) is 2. The molecule has 2 nitrogen and oxygen atoms in total. The van der Waals surface area contributed by atoms with E-state index in [2.05, 4.69) is 44.2 Å². The van der Waals surface area contributed by atoms with Crippen molar-refractivity contribution < 1.29 is 9.47 Å². The molecule has 0 N–H and O–H groups in total. The largest absolute Gasteiger partial charge is 0.353 e. The molecule has 0 heterocycles. The highest BCUT2D eigenvalue weighted by Crippen LogP contribution is 2.29. The fourth-order valence-corrected chi connectivity index (χ4v) is 2.53. The van der Waals surface area contributed by atoms with E-state index in [1.807, 2.05) is 13.8 Å². The van der Waals surface area contributed by atoms with Crippen molar-refractivity contribution in [2.24, 2.45) is 5.92 Å². The fourth-order valence-electron chi connectivity index (χ4n) is 2.53. The normalized spacial score (nSPS) is 14.6. The van der Waals surface area contributed by atoms with E-state index in [9.17, 15) is 0 Å². The lowest BCUT2D eigenvalue weighted by Gasteiger charge is -2.27. The first-order chi connectivity index (χ1) is 9.22. The number of hydrogen-bond acceptors (Lipinski definition) is 2. The Labute approximate surface area is 118 Å². The third-order valence-corrected chi connectivity index (χ3v) is 3.55. The van der Waals surface area contributed by atoms with E-state index in [1.54, 1.807) is 0 Å². The van der Waals surface area contributed by atoms with Crippen LogP contribution in [-0.4, -0.2) is 19.5 Å². The number of benzene rings is 1. The summed E-state index contributed by atoms with van der Waals surface area (Å²) in [4.78, 5) is 0. The van der Waals surface area contributed by atoms with Crippen LogP contribution in [0, 0.1) is 5.92 Å². The van der Waals surface area contributed by atoms with E-state index in [0.29, 0.717) is 25.0 Å². The maximum absolute atomic E-state index is 5.70. The predicted octanol–water partition coefficient (Wildman–Crippen LogP) is 4.61. The van der Waals surface area contributed by atoms with Gasteiger partial charge in [0, 0.05) is 19.1 Å². The minimum absolute atomic E-state index is 0.0761. The maximum atomic E-state index is 5.70. The van der Waals surface area contributed by atoms with Gasteiger partial charge in [-0.25, -0.2) is 0 Å². The molecule has 0 fully saturated rings. The quantitative estimate of drug-likeness (QED) is 0.607. The van der Waals surface area contributed by atoms with E-state index in [4.69, 9.17) is 9.47 Å². The summed E-state index contributed by atoms with van der Waals surface area (Å²) in [5.74, 6) is 0.990. The lowest BCUT2D eigenvalue weighted by atomic mass is 9.87. The highest BCUT2D eigenvalue weighted by molar-refractivity contribution is 5.19. The van der Waals surface area contributed by atoms with Crippen LogP contribution in [0.2, 0.25) is 0 Å². The van der Waals surface area contributed by atoms with Gasteiger partial charge < -0.3 is 9.47 Å². The summed E-state index contributed by atoms with van der Waals surface area (Å²) in [7, 11) is 0. The van der Waals surface area contributed by atoms with Crippen molar-refractivity contribution in [1.82, 2.24) is 0 Å². The zero-order valence-electron chi connectivity index (χ0n) is 12.8. The van der Waals surface area contributed by atoms with Gasteiger partial charge in [-0.05, 0) is 38.2 Å².